The minimum Gasteiger partial charge on any atom is -0.493 e. The zero-order valence-electron chi connectivity index (χ0n) is 17.0. The fraction of sp³-hybridized carbons (Fsp3) is 0.250. The molecule has 0 aliphatic heterocycles. The van der Waals surface area contributed by atoms with Gasteiger partial charge in [-0.3, -0.25) is 10.1 Å². The van der Waals surface area contributed by atoms with Gasteiger partial charge in [-0.2, -0.15) is 14.9 Å². The Bertz CT molecular complexity index is 1130. The number of hydrogen-bond acceptors (Lipinski definition) is 8. The summed E-state index contributed by atoms with van der Waals surface area (Å²) in [5, 5.41) is 22.6. The first-order valence-corrected chi connectivity index (χ1v) is 9.90. The van der Waals surface area contributed by atoms with Crippen LogP contribution in [0.15, 0.2) is 47.6 Å². The van der Waals surface area contributed by atoms with E-state index in [0.717, 1.165) is 0 Å². The van der Waals surface area contributed by atoms with Gasteiger partial charge in [0, 0.05) is 17.7 Å². The van der Waals surface area contributed by atoms with Crippen LogP contribution in [0, 0.1) is 14.9 Å². The van der Waals surface area contributed by atoms with E-state index in [9.17, 15) is 10.1 Å². The fourth-order valence-electron chi connectivity index (χ4n) is 2.68. The number of ether oxygens (including phenoxy) is 3. The molecule has 1 aromatic heterocycles. The minimum atomic E-state index is -0.513. The highest BCUT2D eigenvalue weighted by Gasteiger charge is 2.20. The van der Waals surface area contributed by atoms with Crippen LogP contribution in [0.2, 0.25) is 0 Å². The lowest BCUT2D eigenvalue weighted by molar-refractivity contribution is -0.385. The molecule has 0 fully saturated rings. The molecule has 0 unspecified atom stereocenters. The Hall–Kier alpha value is -3.73. The van der Waals surface area contributed by atoms with E-state index < -0.39 is 4.92 Å². The van der Waals surface area contributed by atoms with Crippen molar-refractivity contribution in [3.63, 3.8) is 0 Å². The third-order valence-electron chi connectivity index (χ3n) is 4.03. The molecule has 3 rings (SSSR count). The quantitative estimate of drug-likeness (QED) is 0.217. The first-order valence-electron chi connectivity index (χ1n) is 9.50. The number of nitrogens with one attached hydrogen (secondary N) is 1. The summed E-state index contributed by atoms with van der Waals surface area (Å²) < 4.78 is 18.3. The van der Waals surface area contributed by atoms with Gasteiger partial charge in [0.25, 0.3) is 0 Å². The predicted molar refractivity (Wildman–Crippen MR) is 117 cm³/mol. The van der Waals surface area contributed by atoms with Gasteiger partial charge in [-0.25, -0.2) is 5.10 Å². The maximum Gasteiger partial charge on any atom is 0.311 e. The standard InChI is InChI=1S/C20H21N5O5S/c1-3-28-17-11-18(29-4-2)16(25(26)27)10-14(17)12-21-24-19(22-23-20(24)31)13-30-15-8-6-5-7-9-15/h5-12H,3-4,13H2,1-2H3,(H,23,31)/b21-12-. The summed E-state index contributed by atoms with van der Waals surface area (Å²) in [7, 11) is 0. The van der Waals surface area contributed by atoms with E-state index in [0.29, 0.717) is 29.5 Å². The molecule has 0 atom stereocenters. The van der Waals surface area contributed by atoms with Crippen LogP contribution in [0.25, 0.3) is 0 Å². The molecule has 162 valence electrons. The van der Waals surface area contributed by atoms with Gasteiger partial charge in [0.2, 0.25) is 10.5 Å². The van der Waals surface area contributed by atoms with Gasteiger partial charge >= 0.3 is 5.69 Å². The second-order valence-corrected chi connectivity index (χ2v) is 6.47. The van der Waals surface area contributed by atoms with Gasteiger partial charge in [-0.1, -0.05) is 18.2 Å². The summed E-state index contributed by atoms with van der Waals surface area (Å²) in [4.78, 5) is 11.0. The van der Waals surface area contributed by atoms with E-state index in [2.05, 4.69) is 15.3 Å². The monoisotopic (exact) mass is 443 g/mol. The molecule has 11 heteroatoms. The Kier molecular flexibility index (Phi) is 7.33. The lowest BCUT2D eigenvalue weighted by atomic mass is 10.1. The molecule has 0 radical (unpaired) electrons. The van der Waals surface area contributed by atoms with Crippen molar-refractivity contribution in [2.75, 3.05) is 13.2 Å². The van der Waals surface area contributed by atoms with Crippen LogP contribution >= 0.6 is 12.2 Å². The highest BCUT2D eigenvalue weighted by molar-refractivity contribution is 7.71. The van der Waals surface area contributed by atoms with Crippen LogP contribution in [0.4, 0.5) is 5.69 Å². The molecule has 31 heavy (non-hydrogen) atoms. The van der Waals surface area contributed by atoms with Crippen LogP contribution in [-0.2, 0) is 6.61 Å². The van der Waals surface area contributed by atoms with Gasteiger partial charge in [0.05, 0.1) is 24.4 Å². The molecule has 2 aromatic carbocycles. The minimum absolute atomic E-state index is 0.121. The maximum absolute atomic E-state index is 11.5. The van der Waals surface area contributed by atoms with Gasteiger partial charge in [-0.05, 0) is 38.2 Å². The summed E-state index contributed by atoms with van der Waals surface area (Å²) in [6, 6.07) is 12.1. The number of rotatable bonds is 10. The lowest BCUT2D eigenvalue weighted by Gasteiger charge is -2.11. The predicted octanol–water partition coefficient (Wildman–Crippen LogP) is 4.11. The first kappa shape index (κ1) is 22.0. The molecule has 1 heterocycles. The smallest absolute Gasteiger partial charge is 0.311 e. The van der Waals surface area contributed by atoms with Crippen molar-refractivity contribution in [3.8, 4) is 17.2 Å². The van der Waals surface area contributed by atoms with E-state index in [4.69, 9.17) is 26.4 Å². The molecule has 0 saturated carbocycles. The fourth-order valence-corrected chi connectivity index (χ4v) is 2.88. The van der Waals surface area contributed by atoms with Crippen molar-refractivity contribution < 1.29 is 19.1 Å². The van der Waals surface area contributed by atoms with E-state index in [1.807, 2.05) is 37.3 Å². The van der Waals surface area contributed by atoms with E-state index in [-0.39, 0.29) is 29.4 Å². The van der Waals surface area contributed by atoms with Crippen molar-refractivity contribution in [1.29, 1.82) is 0 Å². The normalized spacial score (nSPS) is 10.9. The zero-order valence-corrected chi connectivity index (χ0v) is 17.8. The van der Waals surface area contributed by atoms with Crippen LogP contribution in [-0.4, -0.2) is 39.2 Å². The number of nitro groups is 1. The average Bonchev–Trinajstić information content (AvgIpc) is 3.12. The highest BCUT2D eigenvalue weighted by Crippen LogP contribution is 2.34. The number of benzene rings is 2. The Morgan fingerprint density at radius 3 is 2.55 bits per heavy atom. The molecule has 3 aromatic rings. The number of hydrogen-bond donors (Lipinski definition) is 1. The zero-order chi connectivity index (χ0) is 22.2. The molecule has 0 spiro atoms. The number of para-hydroxylation sites is 1. The first-order chi connectivity index (χ1) is 15.0. The van der Waals surface area contributed by atoms with Crippen molar-refractivity contribution in [2.24, 2.45) is 5.10 Å². The topological polar surface area (TPSA) is 117 Å². The molecule has 0 bridgehead atoms. The molecule has 10 nitrogen and oxygen atoms in total. The summed E-state index contributed by atoms with van der Waals surface area (Å²) in [5.74, 6) is 1.64. The number of aromatic amines is 1. The van der Waals surface area contributed by atoms with Crippen LogP contribution < -0.4 is 14.2 Å². The third-order valence-corrected chi connectivity index (χ3v) is 4.29. The molecular weight excluding hydrogens is 422 g/mol. The second kappa shape index (κ2) is 10.3. The lowest BCUT2D eigenvalue weighted by Crippen LogP contribution is -2.05. The SMILES string of the molecule is CCOc1cc(OCC)c([N+](=O)[O-])cc1/C=N\n1c(COc2ccccc2)n[nH]c1=S. The molecule has 0 aliphatic carbocycles. The summed E-state index contributed by atoms with van der Waals surface area (Å²) >= 11 is 5.24. The van der Waals surface area contributed by atoms with Gasteiger partial charge in [-0.15, -0.1) is 0 Å². The van der Waals surface area contributed by atoms with Crippen LogP contribution in [0.3, 0.4) is 0 Å². The Labute approximate surface area is 183 Å². The van der Waals surface area contributed by atoms with Gasteiger partial charge in [0.1, 0.15) is 18.1 Å². The molecule has 0 saturated heterocycles. The largest absolute Gasteiger partial charge is 0.493 e. The van der Waals surface area contributed by atoms with Crippen molar-refractivity contribution >= 4 is 24.1 Å². The number of nitrogens with zero attached hydrogens (tertiary/aromatic N) is 4. The van der Waals surface area contributed by atoms with Gasteiger partial charge in [0.15, 0.2) is 5.82 Å². The average molecular weight is 443 g/mol. The third kappa shape index (κ3) is 5.45. The summed E-state index contributed by atoms with van der Waals surface area (Å²) in [6.45, 7) is 4.34. The van der Waals surface area contributed by atoms with Gasteiger partial charge < -0.3 is 14.2 Å². The molecular formula is C20H21N5O5S. The molecule has 1 N–H and O–H groups in total. The number of nitro benzene ring substituents is 1. The second-order valence-electron chi connectivity index (χ2n) is 6.08. The van der Waals surface area contributed by atoms with E-state index in [1.54, 1.807) is 6.92 Å². The van der Waals surface area contributed by atoms with Crippen LogP contribution in [0.5, 0.6) is 17.2 Å². The van der Waals surface area contributed by atoms with Crippen molar-refractivity contribution in [1.82, 2.24) is 14.9 Å². The van der Waals surface area contributed by atoms with Crippen LogP contribution in [0.1, 0.15) is 25.2 Å². The number of aromatic nitrogens is 3. The molecule has 0 amide bonds. The Morgan fingerprint density at radius 1 is 1.16 bits per heavy atom. The van der Waals surface area contributed by atoms with Crippen molar-refractivity contribution in [2.45, 2.75) is 20.5 Å². The van der Waals surface area contributed by atoms with E-state index >= 15 is 0 Å². The Morgan fingerprint density at radius 2 is 1.87 bits per heavy atom. The molecule has 0 aliphatic rings. The number of H-pyrrole nitrogens is 1. The summed E-state index contributed by atoms with van der Waals surface area (Å²) in [5.41, 5.74) is 0.213. The van der Waals surface area contributed by atoms with Crippen molar-refractivity contribution in [3.05, 3.63) is 68.7 Å². The Balaban J connectivity index is 1.92. The maximum atomic E-state index is 11.5. The van der Waals surface area contributed by atoms with E-state index in [1.165, 1.54) is 23.0 Å². The highest BCUT2D eigenvalue weighted by atomic mass is 32.1. The summed E-state index contributed by atoms with van der Waals surface area (Å²) in [6.07, 6.45) is 1.42.